The van der Waals surface area contributed by atoms with E-state index in [1.165, 1.54) is 0 Å². The zero-order valence-electron chi connectivity index (χ0n) is 16.6. The number of aliphatic imine (C=N–C) groups is 1. The van der Waals surface area contributed by atoms with Crippen LogP contribution in [0.1, 0.15) is 17.2 Å². The normalized spacial score (nSPS) is 16.4. The van der Waals surface area contributed by atoms with Crippen LogP contribution < -0.4 is 10.6 Å². The molecule has 0 bridgehead atoms. The second kappa shape index (κ2) is 11.4. The molecule has 8 heteroatoms. The lowest BCUT2D eigenvalue weighted by atomic mass is 10.0. The summed E-state index contributed by atoms with van der Waals surface area (Å²) in [7, 11) is 1.78. The number of hydrogen-bond donors (Lipinski definition) is 2. The number of rotatable bonds is 7. The number of halogens is 2. The van der Waals surface area contributed by atoms with Crippen molar-refractivity contribution in [3.8, 4) is 0 Å². The summed E-state index contributed by atoms with van der Waals surface area (Å²) < 4.78 is 5.52. The van der Waals surface area contributed by atoms with E-state index in [2.05, 4.69) is 31.6 Å². The second-order valence-electron chi connectivity index (χ2n) is 6.80. The molecule has 0 aliphatic carbocycles. The maximum Gasteiger partial charge on any atom is 0.191 e. The number of nitrogens with zero attached hydrogens (tertiary/aromatic N) is 3. The summed E-state index contributed by atoms with van der Waals surface area (Å²) in [5.41, 5.74) is 2.24. The lowest BCUT2D eigenvalue weighted by molar-refractivity contribution is 0.0170. The Hall–Kier alpha value is -1.86. The van der Waals surface area contributed by atoms with E-state index in [4.69, 9.17) is 27.9 Å². The van der Waals surface area contributed by atoms with Gasteiger partial charge in [-0.05, 0) is 29.7 Å². The molecule has 2 aromatic rings. The van der Waals surface area contributed by atoms with Gasteiger partial charge in [-0.3, -0.25) is 9.89 Å². The van der Waals surface area contributed by atoms with Gasteiger partial charge in [0.1, 0.15) is 5.15 Å². The summed E-state index contributed by atoms with van der Waals surface area (Å²) in [6.07, 6.45) is 2.63. The summed E-state index contributed by atoms with van der Waals surface area (Å²) in [5, 5.41) is 8.10. The molecule has 156 valence electrons. The quantitative estimate of drug-likeness (QED) is 0.397. The molecule has 0 radical (unpaired) electrons. The smallest absolute Gasteiger partial charge is 0.191 e. The van der Waals surface area contributed by atoms with Crippen molar-refractivity contribution >= 4 is 29.2 Å². The van der Waals surface area contributed by atoms with Crippen LogP contribution in [-0.2, 0) is 11.2 Å². The third kappa shape index (κ3) is 6.57. The van der Waals surface area contributed by atoms with Crippen LogP contribution in [0.4, 0.5) is 0 Å². The molecule has 0 saturated carbocycles. The molecular weight excluding hydrogens is 409 g/mol. The second-order valence-corrected chi connectivity index (χ2v) is 7.60. The number of aromatic nitrogens is 1. The molecule has 0 amide bonds. The van der Waals surface area contributed by atoms with Gasteiger partial charge in [0.05, 0.1) is 19.3 Å². The first kappa shape index (κ1) is 21.8. The minimum absolute atomic E-state index is 0.145. The number of guanidine groups is 1. The highest BCUT2D eigenvalue weighted by atomic mass is 35.5. The van der Waals surface area contributed by atoms with Gasteiger partial charge in [0, 0.05) is 44.4 Å². The van der Waals surface area contributed by atoms with E-state index in [1.807, 2.05) is 24.3 Å². The molecule has 1 aliphatic rings. The van der Waals surface area contributed by atoms with Crippen LogP contribution >= 0.6 is 23.2 Å². The Kier molecular flexibility index (Phi) is 8.55. The Morgan fingerprint density at radius 2 is 1.97 bits per heavy atom. The molecule has 1 atom stereocenters. The van der Waals surface area contributed by atoms with Gasteiger partial charge in [0.25, 0.3) is 0 Å². The topological polar surface area (TPSA) is 61.8 Å². The molecule has 6 nitrogen and oxygen atoms in total. The fourth-order valence-corrected chi connectivity index (χ4v) is 3.74. The van der Waals surface area contributed by atoms with E-state index < -0.39 is 0 Å². The first-order valence-electron chi connectivity index (χ1n) is 9.78. The summed E-state index contributed by atoms with van der Waals surface area (Å²) >= 11 is 12.3. The summed E-state index contributed by atoms with van der Waals surface area (Å²) in [4.78, 5) is 10.9. The average molecular weight is 436 g/mol. The standard InChI is InChI=1S/C21H27Cl2N5O/c1-24-21(25-9-8-16-6-7-20(23)26-14-16)27-15-19(28-10-12-29-13-11-28)17-4-2-3-5-18(17)22/h2-7,14,19H,8-13,15H2,1H3,(H2,24,25,27). The van der Waals surface area contributed by atoms with E-state index in [-0.39, 0.29) is 6.04 Å². The molecule has 1 unspecified atom stereocenters. The van der Waals surface area contributed by atoms with Crippen molar-refractivity contribution < 1.29 is 4.74 Å². The van der Waals surface area contributed by atoms with Gasteiger partial charge in [-0.25, -0.2) is 4.98 Å². The van der Waals surface area contributed by atoms with Crippen molar-refractivity contribution in [2.75, 3.05) is 46.4 Å². The molecule has 1 aliphatic heterocycles. The minimum atomic E-state index is 0.145. The number of hydrogen-bond acceptors (Lipinski definition) is 4. The lowest BCUT2D eigenvalue weighted by Gasteiger charge is -2.35. The number of ether oxygens (including phenoxy) is 1. The van der Waals surface area contributed by atoms with Crippen molar-refractivity contribution in [2.45, 2.75) is 12.5 Å². The molecule has 3 rings (SSSR count). The fourth-order valence-electron chi connectivity index (χ4n) is 3.36. The van der Waals surface area contributed by atoms with E-state index in [1.54, 1.807) is 19.3 Å². The maximum atomic E-state index is 6.50. The average Bonchev–Trinajstić information content (AvgIpc) is 2.76. The predicted molar refractivity (Wildman–Crippen MR) is 119 cm³/mol. The van der Waals surface area contributed by atoms with E-state index in [9.17, 15) is 0 Å². The van der Waals surface area contributed by atoms with Crippen LogP contribution in [-0.4, -0.2) is 62.3 Å². The van der Waals surface area contributed by atoms with Gasteiger partial charge in [-0.15, -0.1) is 0 Å². The van der Waals surface area contributed by atoms with Crippen molar-refractivity contribution in [2.24, 2.45) is 4.99 Å². The van der Waals surface area contributed by atoms with Crippen molar-refractivity contribution in [3.05, 3.63) is 63.9 Å². The molecule has 1 saturated heterocycles. The predicted octanol–water partition coefficient (Wildman–Crippen LogP) is 3.17. The Bertz CT molecular complexity index is 794. The zero-order chi connectivity index (χ0) is 20.5. The molecular formula is C21H27Cl2N5O. The first-order valence-corrected chi connectivity index (χ1v) is 10.5. The summed E-state index contributed by atoms with van der Waals surface area (Å²) in [5.74, 6) is 0.761. The third-order valence-corrected chi connectivity index (χ3v) is 5.50. The highest BCUT2D eigenvalue weighted by Gasteiger charge is 2.24. The van der Waals surface area contributed by atoms with Crippen molar-refractivity contribution in [1.29, 1.82) is 0 Å². The Morgan fingerprint density at radius 3 is 2.66 bits per heavy atom. The summed E-state index contributed by atoms with van der Waals surface area (Å²) in [6.45, 7) is 4.69. The number of pyridine rings is 1. The lowest BCUT2D eigenvalue weighted by Crippen LogP contribution is -2.46. The van der Waals surface area contributed by atoms with Crippen LogP contribution in [0.5, 0.6) is 0 Å². The van der Waals surface area contributed by atoms with Crippen LogP contribution in [0.15, 0.2) is 47.6 Å². The zero-order valence-corrected chi connectivity index (χ0v) is 18.1. The Labute approximate surface area is 182 Å². The molecule has 1 aromatic heterocycles. The third-order valence-electron chi connectivity index (χ3n) is 4.93. The fraction of sp³-hybridized carbons (Fsp3) is 0.429. The first-order chi connectivity index (χ1) is 14.2. The van der Waals surface area contributed by atoms with Crippen LogP contribution in [0.2, 0.25) is 10.2 Å². The van der Waals surface area contributed by atoms with E-state index >= 15 is 0 Å². The highest BCUT2D eigenvalue weighted by Crippen LogP contribution is 2.27. The van der Waals surface area contributed by atoms with Gasteiger partial charge in [-0.2, -0.15) is 0 Å². The van der Waals surface area contributed by atoms with Crippen molar-refractivity contribution in [3.63, 3.8) is 0 Å². The van der Waals surface area contributed by atoms with Crippen LogP contribution in [0.3, 0.4) is 0 Å². The highest BCUT2D eigenvalue weighted by molar-refractivity contribution is 6.31. The van der Waals surface area contributed by atoms with Crippen LogP contribution in [0, 0.1) is 0 Å². The van der Waals surface area contributed by atoms with Gasteiger partial charge in [0.15, 0.2) is 5.96 Å². The molecule has 2 N–H and O–H groups in total. The van der Waals surface area contributed by atoms with E-state index in [0.29, 0.717) is 11.7 Å². The molecule has 0 spiro atoms. The van der Waals surface area contributed by atoms with Crippen molar-refractivity contribution in [1.82, 2.24) is 20.5 Å². The van der Waals surface area contributed by atoms with Gasteiger partial charge in [0.2, 0.25) is 0 Å². The van der Waals surface area contributed by atoms with Crippen LogP contribution in [0.25, 0.3) is 0 Å². The number of benzene rings is 1. The molecule has 1 aromatic carbocycles. The summed E-state index contributed by atoms with van der Waals surface area (Å²) in [6, 6.07) is 12.0. The minimum Gasteiger partial charge on any atom is -0.379 e. The molecule has 2 heterocycles. The molecule has 1 fully saturated rings. The van der Waals surface area contributed by atoms with Gasteiger partial charge >= 0.3 is 0 Å². The SMILES string of the molecule is CN=C(NCCc1ccc(Cl)nc1)NCC(c1ccccc1Cl)N1CCOCC1. The Balaban J connectivity index is 1.58. The monoisotopic (exact) mass is 435 g/mol. The molecule has 29 heavy (non-hydrogen) atoms. The van der Waals surface area contributed by atoms with E-state index in [0.717, 1.165) is 61.4 Å². The number of morpholine rings is 1. The number of nitrogens with one attached hydrogen (secondary N) is 2. The maximum absolute atomic E-state index is 6.50. The van der Waals surface area contributed by atoms with Gasteiger partial charge in [-0.1, -0.05) is 47.5 Å². The van der Waals surface area contributed by atoms with Gasteiger partial charge < -0.3 is 15.4 Å². The largest absolute Gasteiger partial charge is 0.379 e. The Morgan fingerprint density at radius 1 is 1.17 bits per heavy atom.